The Kier molecular flexibility index (Phi) is 11.1. The predicted molar refractivity (Wildman–Crippen MR) is 215 cm³/mol. The van der Waals surface area contributed by atoms with Crippen LogP contribution < -0.4 is 18.9 Å². The Bertz CT molecular complexity index is 1880. The van der Waals surface area contributed by atoms with E-state index < -0.39 is 10.4 Å². The van der Waals surface area contributed by atoms with Gasteiger partial charge in [-0.3, -0.25) is 0 Å². The van der Waals surface area contributed by atoms with Gasteiger partial charge < -0.3 is 23.7 Å². The lowest BCUT2D eigenvalue weighted by Gasteiger charge is -2.39. The fourth-order valence-electron chi connectivity index (χ4n) is 6.58. The lowest BCUT2D eigenvalue weighted by molar-refractivity contribution is -0.0549. The predicted octanol–water partition coefficient (Wildman–Crippen LogP) is 9.20. The van der Waals surface area contributed by atoms with Gasteiger partial charge in [-0.1, -0.05) is 84.9 Å². The number of hydrogen-bond donors (Lipinski definition) is 0. The van der Waals surface area contributed by atoms with Crippen molar-refractivity contribution in [2.75, 3.05) is 13.2 Å². The van der Waals surface area contributed by atoms with Gasteiger partial charge in [0.05, 0.1) is 23.7 Å². The molecule has 0 amide bonds. The summed E-state index contributed by atoms with van der Waals surface area (Å²) < 4.78 is 32.2. The van der Waals surface area contributed by atoms with E-state index in [2.05, 4.69) is 62.4 Å². The second-order valence-corrected chi connectivity index (χ2v) is 17.0. The van der Waals surface area contributed by atoms with Gasteiger partial charge in [0.1, 0.15) is 34.5 Å². The van der Waals surface area contributed by atoms with E-state index in [0.29, 0.717) is 33.7 Å². The zero-order valence-corrected chi connectivity index (χ0v) is 34.3. The average molecular weight is 711 g/mol. The fraction of sp³-hybridized carbons (Fsp3) is 0.182. The van der Waals surface area contributed by atoms with Gasteiger partial charge in [-0.2, -0.15) is 0 Å². The monoisotopic (exact) mass is 710 g/mol. The normalized spacial score (nSPS) is 13.6. The van der Waals surface area contributed by atoms with Crippen LogP contribution in [0.15, 0.2) is 146 Å². The Labute approximate surface area is 308 Å². The highest BCUT2D eigenvalue weighted by Gasteiger charge is 2.36. The minimum Gasteiger partial charge on any atom is -0.494 e. The number of hydrogen-bond acceptors (Lipinski definition) is 5. The number of para-hydroxylation sites is 2. The third-order valence-electron chi connectivity index (χ3n) is 8.71. The molecule has 6 aromatic carbocycles. The highest BCUT2D eigenvalue weighted by Crippen LogP contribution is 2.46. The minimum atomic E-state index is -0.604. The summed E-state index contributed by atoms with van der Waals surface area (Å²) in [6.45, 7) is 9.62. The van der Waals surface area contributed by atoms with Crippen LogP contribution in [0.4, 0.5) is 0 Å². The van der Waals surface area contributed by atoms with Crippen molar-refractivity contribution in [1.29, 1.82) is 0 Å². The molecule has 0 aromatic heterocycles. The molecule has 6 rings (SSSR count). The topological polar surface area (TPSA) is 46.2 Å². The lowest BCUT2D eigenvalue weighted by atomic mass is 9.93. The second-order valence-electron chi connectivity index (χ2n) is 13.2. The van der Waals surface area contributed by atoms with Crippen molar-refractivity contribution in [3.63, 3.8) is 0 Å². The zero-order chi connectivity index (χ0) is 35.8. The van der Waals surface area contributed by atoms with Gasteiger partial charge >= 0.3 is 0 Å². The Hall–Kier alpha value is -5.09. The molecule has 0 radical (unpaired) electrons. The van der Waals surface area contributed by atoms with Gasteiger partial charge in [0.2, 0.25) is 0 Å². The van der Waals surface area contributed by atoms with E-state index in [4.69, 9.17) is 23.7 Å². The molecule has 0 fully saturated rings. The molecule has 0 N–H and O–H groups in total. The van der Waals surface area contributed by atoms with E-state index in [-0.39, 0.29) is 0 Å². The average Bonchev–Trinajstić information content (AvgIpc) is 3.13. The Morgan fingerprint density at radius 2 is 0.804 bits per heavy atom. The summed E-state index contributed by atoms with van der Waals surface area (Å²) in [6, 6.07) is 48.9. The van der Waals surface area contributed by atoms with Gasteiger partial charge in [0.25, 0.3) is 0 Å². The number of benzene rings is 6. The molecule has 5 nitrogen and oxygen atoms in total. The van der Waals surface area contributed by atoms with Crippen LogP contribution in [0.5, 0.6) is 34.5 Å². The quantitative estimate of drug-likeness (QED) is 0.106. The summed E-state index contributed by atoms with van der Waals surface area (Å²) in [5.74, 6) is 4.77. The van der Waals surface area contributed by atoms with Crippen LogP contribution in [0.3, 0.4) is 0 Å². The first-order valence-corrected chi connectivity index (χ1v) is 19.6. The third-order valence-corrected chi connectivity index (χ3v) is 10.2. The number of rotatable bonds is 14. The zero-order valence-electron chi connectivity index (χ0n) is 30.3. The van der Waals surface area contributed by atoms with E-state index in [9.17, 15) is 0 Å². The van der Waals surface area contributed by atoms with E-state index in [1.165, 1.54) is 0 Å². The highest BCUT2D eigenvalue weighted by molar-refractivity contribution is 6.18. The van der Waals surface area contributed by atoms with Gasteiger partial charge in [0, 0.05) is 31.6 Å². The molecule has 0 spiro atoms. The standard InChI is InChI=1S/C44H46O5Si2/c1-5-45-33-27-23-31(24-28-33)41-37(19-13-21-39(41)47-35-15-9-7-10-16-35)43(3,50)49-44(4,51)38-20-14-22-40(48-36-17-11-8-12-18-36)42(38)32-25-29-34(30-26-32)46-6-2/h7-30H,5-6H2,1-4,50-51H3. The Balaban J connectivity index is 1.44. The van der Waals surface area contributed by atoms with Crippen LogP contribution in [0, 0.1) is 0 Å². The van der Waals surface area contributed by atoms with Gasteiger partial charge in [0.15, 0.2) is 0 Å². The first kappa shape index (κ1) is 35.7. The second kappa shape index (κ2) is 15.9. The van der Waals surface area contributed by atoms with Crippen LogP contribution in [0.2, 0.25) is 0 Å². The van der Waals surface area contributed by atoms with Crippen molar-refractivity contribution in [2.45, 2.75) is 38.1 Å². The van der Waals surface area contributed by atoms with Gasteiger partial charge in [-0.05, 0) is 111 Å². The van der Waals surface area contributed by atoms with Crippen molar-refractivity contribution in [2.24, 2.45) is 0 Å². The smallest absolute Gasteiger partial charge is 0.135 e. The third kappa shape index (κ3) is 8.45. The molecule has 260 valence electrons. The maximum atomic E-state index is 7.42. The minimum absolute atomic E-state index is 0.604. The molecule has 0 aliphatic heterocycles. The lowest BCUT2D eigenvalue weighted by Crippen LogP contribution is -2.39. The summed E-state index contributed by atoms with van der Waals surface area (Å²) >= 11 is 0. The van der Waals surface area contributed by atoms with Crippen molar-refractivity contribution in [3.05, 3.63) is 157 Å². The van der Waals surface area contributed by atoms with Gasteiger partial charge in [-0.15, -0.1) is 0 Å². The SMILES string of the molecule is CCOc1ccc(-c2c(Oc3ccccc3)cccc2C(C)([SiH3])OC(C)([SiH3])c2cccc(Oc3ccccc3)c2-c2ccc(OCC)cc2)cc1. The largest absolute Gasteiger partial charge is 0.494 e. The molecule has 0 saturated carbocycles. The summed E-state index contributed by atoms with van der Waals surface area (Å²) in [5.41, 5.74) is 6.24. The summed E-state index contributed by atoms with van der Waals surface area (Å²) in [7, 11) is 1.41. The molecular weight excluding hydrogens is 665 g/mol. The van der Waals surface area contributed by atoms with E-state index >= 15 is 0 Å². The van der Waals surface area contributed by atoms with Crippen LogP contribution in [-0.2, 0) is 15.2 Å². The molecule has 0 bridgehead atoms. The molecule has 2 unspecified atom stereocenters. The van der Waals surface area contributed by atoms with E-state index in [1.54, 1.807) is 0 Å². The summed E-state index contributed by atoms with van der Waals surface area (Å²) in [5, 5.41) is -1.21. The molecule has 6 aromatic rings. The molecule has 0 saturated heterocycles. The Morgan fingerprint density at radius 3 is 1.16 bits per heavy atom. The molecule has 0 heterocycles. The van der Waals surface area contributed by atoms with Crippen LogP contribution in [-0.4, -0.2) is 33.7 Å². The Morgan fingerprint density at radius 1 is 0.431 bits per heavy atom. The molecule has 0 aliphatic carbocycles. The first-order chi connectivity index (χ1) is 24.7. The maximum absolute atomic E-state index is 7.42. The van der Waals surface area contributed by atoms with Crippen molar-refractivity contribution in [1.82, 2.24) is 0 Å². The molecule has 51 heavy (non-hydrogen) atoms. The van der Waals surface area contributed by atoms with E-state index in [0.717, 1.165) is 67.9 Å². The van der Waals surface area contributed by atoms with Gasteiger partial charge in [-0.25, -0.2) is 0 Å². The molecule has 2 atom stereocenters. The van der Waals surface area contributed by atoms with Crippen molar-refractivity contribution >= 4 is 20.5 Å². The van der Waals surface area contributed by atoms with E-state index in [1.807, 2.05) is 111 Å². The van der Waals surface area contributed by atoms with Crippen molar-refractivity contribution < 1.29 is 23.7 Å². The number of ether oxygens (including phenoxy) is 5. The molecule has 0 aliphatic rings. The first-order valence-electron chi connectivity index (χ1n) is 17.6. The molecular formula is C44H46O5Si2. The van der Waals surface area contributed by atoms with Crippen LogP contribution in [0.1, 0.15) is 38.8 Å². The van der Waals surface area contributed by atoms with Crippen LogP contribution >= 0.6 is 0 Å². The highest BCUT2D eigenvalue weighted by atomic mass is 28.2. The van der Waals surface area contributed by atoms with Crippen molar-refractivity contribution in [3.8, 4) is 56.8 Å². The van der Waals surface area contributed by atoms with Crippen LogP contribution in [0.25, 0.3) is 22.3 Å². The molecule has 7 heteroatoms. The summed E-state index contributed by atoms with van der Waals surface area (Å²) in [6.07, 6.45) is 0. The maximum Gasteiger partial charge on any atom is 0.135 e. The fourth-order valence-corrected chi connectivity index (χ4v) is 8.84. The summed E-state index contributed by atoms with van der Waals surface area (Å²) in [4.78, 5) is 0.